The van der Waals surface area contributed by atoms with Crippen LogP contribution in [0, 0.1) is 19.3 Å². The molecule has 4 aromatic rings. The molecule has 1 aliphatic rings. The first kappa shape index (κ1) is 23.4. The predicted octanol–water partition coefficient (Wildman–Crippen LogP) is 9.21. The van der Waals surface area contributed by atoms with Gasteiger partial charge in [0.15, 0.2) is 0 Å². The molecule has 0 atom stereocenters. The Morgan fingerprint density at radius 3 is 1.89 bits per heavy atom. The Morgan fingerprint density at radius 1 is 0.629 bits per heavy atom. The fourth-order valence-electron chi connectivity index (χ4n) is 5.65. The van der Waals surface area contributed by atoms with Gasteiger partial charge in [-0.25, -0.2) is 0 Å². The minimum Gasteiger partial charge on any atom is -0.337 e. The van der Waals surface area contributed by atoms with Gasteiger partial charge in [-0.1, -0.05) is 91.7 Å². The van der Waals surface area contributed by atoms with Crippen molar-refractivity contribution in [3.8, 4) is 11.1 Å². The molecule has 0 aromatic heterocycles. The molecular formula is C34H37N. The molecule has 1 heteroatoms. The van der Waals surface area contributed by atoms with Crippen LogP contribution in [0.15, 0.2) is 91.0 Å². The van der Waals surface area contributed by atoms with Crippen molar-refractivity contribution in [3.05, 3.63) is 119 Å². The first-order valence-corrected chi connectivity index (χ1v) is 13.1. The van der Waals surface area contributed by atoms with Crippen molar-refractivity contribution < 1.29 is 0 Å². The zero-order chi connectivity index (χ0) is 24.4. The molecule has 0 saturated heterocycles. The molecule has 1 aliphatic carbocycles. The van der Waals surface area contributed by atoms with Gasteiger partial charge in [-0.2, -0.15) is 0 Å². The van der Waals surface area contributed by atoms with Crippen molar-refractivity contribution in [3.63, 3.8) is 0 Å². The topological polar surface area (TPSA) is 3.24 Å². The average molecular weight is 460 g/mol. The third kappa shape index (κ3) is 4.78. The molecule has 1 nitrogen and oxygen atoms in total. The Hall–Kier alpha value is -3.32. The van der Waals surface area contributed by atoms with Crippen molar-refractivity contribution in [1.29, 1.82) is 0 Å². The average Bonchev–Trinajstić information content (AvgIpc) is 3.03. The molecule has 0 saturated carbocycles. The Labute approximate surface area is 211 Å². The van der Waals surface area contributed by atoms with Crippen molar-refractivity contribution in [2.45, 2.75) is 59.9 Å². The van der Waals surface area contributed by atoms with Crippen LogP contribution >= 0.6 is 0 Å². The van der Waals surface area contributed by atoms with E-state index in [2.05, 4.69) is 124 Å². The summed E-state index contributed by atoms with van der Waals surface area (Å²) < 4.78 is 0. The molecule has 0 fully saturated rings. The Balaban J connectivity index is 1.62. The van der Waals surface area contributed by atoms with E-state index < -0.39 is 0 Å². The lowest BCUT2D eigenvalue weighted by atomic mass is 9.74. The van der Waals surface area contributed by atoms with Gasteiger partial charge in [0.25, 0.3) is 0 Å². The number of benzene rings is 4. The summed E-state index contributed by atoms with van der Waals surface area (Å²) in [6, 6.07) is 34.1. The van der Waals surface area contributed by atoms with Gasteiger partial charge >= 0.3 is 0 Å². The second-order valence-electron chi connectivity index (χ2n) is 10.5. The molecule has 178 valence electrons. The number of fused-ring (bicyclic) bond motifs is 3. The minimum atomic E-state index is 0.311. The van der Waals surface area contributed by atoms with E-state index in [-0.39, 0.29) is 0 Å². The Morgan fingerprint density at radius 2 is 1.20 bits per heavy atom. The monoisotopic (exact) mass is 459 g/mol. The van der Waals surface area contributed by atoms with Gasteiger partial charge in [-0.3, -0.25) is 0 Å². The molecule has 0 heterocycles. The molecule has 0 unspecified atom stereocenters. The van der Waals surface area contributed by atoms with Gasteiger partial charge < -0.3 is 4.90 Å². The standard InChI is InChI=1S/C34H37N/c1-5-34(6-2)22-28-9-7-8-10-32(28)33-20-19-31(21-29(33)23-34)35(30-17-13-26(4)14-18-30)24-27-15-11-25(3)12-16-27/h7-21H,5-6,22-24H2,1-4H3. The van der Waals surface area contributed by atoms with Crippen LogP contribution in [0.4, 0.5) is 11.4 Å². The second kappa shape index (κ2) is 9.74. The molecule has 0 aliphatic heterocycles. The summed E-state index contributed by atoms with van der Waals surface area (Å²) >= 11 is 0. The van der Waals surface area contributed by atoms with E-state index in [1.165, 1.54) is 63.2 Å². The van der Waals surface area contributed by atoms with Gasteiger partial charge in [0.05, 0.1) is 0 Å². The minimum absolute atomic E-state index is 0.311. The molecule has 0 amide bonds. The fourth-order valence-corrected chi connectivity index (χ4v) is 5.65. The molecule has 5 rings (SSSR count). The van der Waals surface area contributed by atoms with Crippen molar-refractivity contribution in [1.82, 2.24) is 0 Å². The smallest absolute Gasteiger partial charge is 0.0481 e. The molecule has 0 N–H and O–H groups in total. The number of rotatable bonds is 6. The molecule has 0 spiro atoms. The Kier molecular flexibility index (Phi) is 6.52. The number of hydrogen-bond donors (Lipinski definition) is 0. The second-order valence-corrected chi connectivity index (χ2v) is 10.5. The van der Waals surface area contributed by atoms with E-state index in [0.29, 0.717) is 5.41 Å². The molecule has 4 aromatic carbocycles. The summed E-state index contributed by atoms with van der Waals surface area (Å²) in [5, 5.41) is 0. The lowest BCUT2D eigenvalue weighted by molar-refractivity contribution is 0.259. The van der Waals surface area contributed by atoms with Crippen LogP contribution in [-0.4, -0.2) is 0 Å². The van der Waals surface area contributed by atoms with E-state index in [1.54, 1.807) is 0 Å². The quantitative estimate of drug-likeness (QED) is 0.278. The summed E-state index contributed by atoms with van der Waals surface area (Å²) in [5.41, 5.74) is 12.5. The third-order valence-corrected chi connectivity index (χ3v) is 8.15. The molecular weight excluding hydrogens is 422 g/mol. The summed E-state index contributed by atoms with van der Waals surface area (Å²) in [6.07, 6.45) is 4.69. The number of hydrogen-bond acceptors (Lipinski definition) is 1. The van der Waals surface area contributed by atoms with Crippen LogP contribution in [0.1, 0.15) is 54.5 Å². The van der Waals surface area contributed by atoms with Crippen molar-refractivity contribution in [2.24, 2.45) is 5.41 Å². The normalized spacial score (nSPS) is 14.1. The van der Waals surface area contributed by atoms with E-state index >= 15 is 0 Å². The highest BCUT2D eigenvalue weighted by atomic mass is 15.1. The van der Waals surface area contributed by atoms with Crippen LogP contribution < -0.4 is 4.90 Å². The maximum absolute atomic E-state index is 2.48. The highest BCUT2D eigenvalue weighted by Crippen LogP contribution is 2.45. The van der Waals surface area contributed by atoms with Gasteiger partial charge in [0.1, 0.15) is 0 Å². The summed E-state index contributed by atoms with van der Waals surface area (Å²) in [7, 11) is 0. The van der Waals surface area contributed by atoms with Crippen LogP contribution in [0.2, 0.25) is 0 Å². The van der Waals surface area contributed by atoms with Crippen LogP contribution in [0.3, 0.4) is 0 Å². The predicted molar refractivity (Wildman–Crippen MR) is 151 cm³/mol. The fraction of sp³-hybridized carbons (Fsp3) is 0.294. The van der Waals surface area contributed by atoms with Gasteiger partial charge in [-0.05, 0) is 97.0 Å². The largest absolute Gasteiger partial charge is 0.337 e. The SMILES string of the molecule is CCC1(CC)Cc2ccccc2-c2ccc(N(Cc3ccc(C)cc3)c3ccc(C)cc3)cc2C1. The van der Waals surface area contributed by atoms with E-state index in [0.717, 1.165) is 19.4 Å². The highest BCUT2D eigenvalue weighted by Gasteiger charge is 2.32. The van der Waals surface area contributed by atoms with Crippen LogP contribution in [0.25, 0.3) is 11.1 Å². The summed E-state index contributed by atoms with van der Waals surface area (Å²) in [6.45, 7) is 9.90. The Bertz CT molecular complexity index is 1290. The molecule has 0 bridgehead atoms. The van der Waals surface area contributed by atoms with Gasteiger partial charge in [-0.15, -0.1) is 0 Å². The van der Waals surface area contributed by atoms with Crippen LogP contribution in [0.5, 0.6) is 0 Å². The summed E-state index contributed by atoms with van der Waals surface area (Å²) in [4.78, 5) is 2.47. The van der Waals surface area contributed by atoms with E-state index in [1.807, 2.05) is 0 Å². The molecule has 0 radical (unpaired) electrons. The van der Waals surface area contributed by atoms with Crippen molar-refractivity contribution in [2.75, 3.05) is 4.90 Å². The maximum Gasteiger partial charge on any atom is 0.0481 e. The number of anilines is 2. The van der Waals surface area contributed by atoms with E-state index in [9.17, 15) is 0 Å². The number of nitrogens with zero attached hydrogens (tertiary/aromatic N) is 1. The first-order chi connectivity index (χ1) is 17.0. The maximum atomic E-state index is 2.48. The zero-order valence-corrected chi connectivity index (χ0v) is 21.6. The van der Waals surface area contributed by atoms with Crippen molar-refractivity contribution >= 4 is 11.4 Å². The molecule has 35 heavy (non-hydrogen) atoms. The van der Waals surface area contributed by atoms with Gasteiger partial charge in [0.2, 0.25) is 0 Å². The van der Waals surface area contributed by atoms with E-state index in [4.69, 9.17) is 0 Å². The number of aryl methyl sites for hydroxylation is 2. The van der Waals surface area contributed by atoms with Crippen LogP contribution in [-0.2, 0) is 19.4 Å². The lowest BCUT2D eigenvalue weighted by Gasteiger charge is -2.32. The first-order valence-electron chi connectivity index (χ1n) is 13.1. The zero-order valence-electron chi connectivity index (χ0n) is 21.6. The third-order valence-electron chi connectivity index (χ3n) is 8.15. The summed E-state index contributed by atoms with van der Waals surface area (Å²) in [5.74, 6) is 0. The highest BCUT2D eigenvalue weighted by molar-refractivity contribution is 5.76. The lowest BCUT2D eigenvalue weighted by Crippen LogP contribution is -2.24. The van der Waals surface area contributed by atoms with Gasteiger partial charge in [0, 0.05) is 17.9 Å².